The monoisotopic (exact) mass is 430 g/mol. The van der Waals surface area contributed by atoms with Crippen LogP contribution >= 0.6 is 0 Å². The van der Waals surface area contributed by atoms with E-state index in [1.165, 1.54) is 12.1 Å². The molecule has 1 fully saturated rings. The Balaban J connectivity index is 2.40. The predicted molar refractivity (Wildman–Crippen MR) is 121 cm³/mol. The number of hydrogen-bond acceptors (Lipinski definition) is 4. The van der Waals surface area contributed by atoms with Crippen molar-refractivity contribution in [1.82, 2.24) is 15.5 Å². The first-order chi connectivity index (χ1) is 14.8. The van der Waals surface area contributed by atoms with Gasteiger partial charge in [-0.25, -0.2) is 13.8 Å². The average molecular weight is 431 g/mol. The zero-order valence-corrected chi connectivity index (χ0v) is 19.0. The van der Waals surface area contributed by atoms with Gasteiger partial charge in [0.15, 0.2) is 5.84 Å². The van der Waals surface area contributed by atoms with Gasteiger partial charge in [-0.3, -0.25) is 9.69 Å². The highest BCUT2D eigenvalue weighted by molar-refractivity contribution is 6.09. The van der Waals surface area contributed by atoms with Crippen LogP contribution in [0, 0.1) is 11.6 Å². The molecule has 1 aromatic carbocycles. The molecule has 1 heterocycles. The van der Waals surface area contributed by atoms with Crippen LogP contribution in [0.15, 0.2) is 58.0 Å². The van der Waals surface area contributed by atoms with Gasteiger partial charge in [0, 0.05) is 31.9 Å². The van der Waals surface area contributed by atoms with E-state index >= 15 is 0 Å². The lowest BCUT2D eigenvalue weighted by molar-refractivity contribution is -0.126. The van der Waals surface area contributed by atoms with Gasteiger partial charge in [0.25, 0.3) is 0 Å². The van der Waals surface area contributed by atoms with E-state index in [0.29, 0.717) is 24.5 Å². The van der Waals surface area contributed by atoms with E-state index in [0.717, 1.165) is 41.6 Å². The molecule has 0 radical (unpaired) electrons. The molecular weight excluding hydrogens is 398 g/mol. The molecule has 1 aliphatic rings. The van der Waals surface area contributed by atoms with Crippen molar-refractivity contribution in [1.29, 1.82) is 0 Å². The van der Waals surface area contributed by atoms with Crippen molar-refractivity contribution in [3.05, 3.63) is 70.2 Å². The summed E-state index contributed by atoms with van der Waals surface area (Å²) in [5.41, 5.74) is 3.77. The summed E-state index contributed by atoms with van der Waals surface area (Å²) in [4.78, 5) is 19.5. The Labute approximate surface area is 183 Å². The second-order valence-corrected chi connectivity index (χ2v) is 7.69. The van der Waals surface area contributed by atoms with Gasteiger partial charge in [-0.05, 0) is 63.0 Å². The van der Waals surface area contributed by atoms with E-state index in [4.69, 9.17) is 4.99 Å². The van der Waals surface area contributed by atoms with Gasteiger partial charge in [-0.15, -0.1) is 0 Å². The summed E-state index contributed by atoms with van der Waals surface area (Å²) in [6.07, 6.45) is 4.72. The van der Waals surface area contributed by atoms with Crippen LogP contribution in [0.3, 0.4) is 0 Å². The average Bonchev–Trinajstić information content (AvgIpc) is 2.70. The number of amides is 1. The zero-order chi connectivity index (χ0) is 23.0. The molecule has 31 heavy (non-hydrogen) atoms. The molecule has 0 spiro atoms. The molecule has 1 aliphatic heterocycles. The van der Waals surface area contributed by atoms with Crippen molar-refractivity contribution >= 4 is 11.7 Å². The molecule has 0 bridgehead atoms. The second-order valence-electron chi connectivity index (χ2n) is 7.69. The van der Waals surface area contributed by atoms with Crippen LogP contribution in [0.1, 0.15) is 46.6 Å². The quantitative estimate of drug-likeness (QED) is 0.497. The van der Waals surface area contributed by atoms with Crippen LogP contribution in [0.5, 0.6) is 0 Å². The molecular formula is C24H32F2N4O. The maximum Gasteiger partial charge on any atom is 0.232 e. The normalized spacial score (nSPS) is 16.4. The predicted octanol–water partition coefficient (Wildman–Crippen LogP) is 4.44. The molecule has 1 amide bonds. The number of hydrogen-bond donors (Lipinski definition) is 2. The highest BCUT2D eigenvalue weighted by Gasteiger charge is 2.28. The molecule has 7 heteroatoms. The fraction of sp³-hybridized carbons (Fsp3) is 0.417. The summed E-state index contributed by atoms with van der Waals surface area (Å²) in [6, 6.07) is 3.17. The van der Waals surface area contributed by atoms with Crippen LogP contribution in [0.2, 0.25) is 0 Å². The molecule has 2 N–H and O–H groups in total. The first-order valence-electron chi connectivity index (χ1n) is 10.6. The number of carbonyl (C=O) groups is 1. The topological polar surface area (TPSA) is 56.7 Å². The Kier molecular flexibility index (Phi) is 8.97. The van der Waals surface area contributed by atoms with Crippen LogP contribution in [0.4, 0.5) is 8.78 Å². The van der Waals surface area contributed by atoms with Gasteiger partial charge in [0.1, 0.15) is 11.6 Å². The number of nitrogens with one attached hydrogen (secondary N) is 2. The van der Waals surface area contributed by atoms with E-state index in [9.17, 15) is 13.6 Å². The number of allylic oxidation sites excluding steroid dienone is 3. The lowest BCUT2D eigenvalue weighted by atomic mass is 10.1. The maximum absolute atomic E-state index is 13.6. The van der Waals surface area contributed by atoms with Gasteiger partial charge in [-0.2, -0.15) is 0 Å². The Bertz CT molecular complexity index is 907. The van der Waals surface area contributed by atoms with Crippen molar-refractivity contribution in [2.45, 2.75) is 47.5 Å². The number of aliphatic imine (C=N–C) groups is 1. The van der Waals surface area contributed by atoms with Crippen molar-refractivity contribution in [2.24, 2.45) is 4.99 Å². The van der Waals surface area contributed by atoms with Crippen molar-refractivity contribution in [3.8, 4) is 0 Å². The number of halogens is 2. The second kappa shape index (κ2) is 11.4. The standard InChI is InChI=1S/C24H32F2N4O/c1-6-8-27-15-17(5)21(7-2)29-24-23(16(3)4)28-9-10-30(24)22(31)13-18-11-19(25)14-20(26)12-18/h7,11-12,14-15,27-28H,6,8-10,13H2,1-5H3/b17-15+,21-7-,29-24+. The Morgan fingerprint density at radius 2 is 1.90 bits per heavy atom. The molecule has 0 atom stereocenters. The number of rotatable bonds is 7. The summed E-state index contributed by atoms with van der Waals surface area (Å²) < 4.78 is 27.1. The van der Waals surface area contributed by atoms with Gasteiger partial charge >= 0.3 is 0 Å². The van der Waals surface area contributed by atoms with E-state index in [1.807, 2.05) is 40.0 Å². The van der Waals surface area contributed by atoms with E-state index < -0.39 is 11.6 Å². The van der Waals surface area contributed by atoms with Crippen molar-refractivity contribution < 1.29 is 13.6 Å². The number of carbonyl (C=O) groups excluding carboxylic acids is 1. The summed E-state index contributed by atoms with van der Waals surface area (Å²) in [7, 11) is 0. The molecule has 168 valence electrons. The van der Waals surface area contributed by atoms with Gasteiger partial charge in [0.2, 0.25) is 5.91 Å². The fourth-order valence-electron chi connectivity index (χ4n) is 3.29. The SMILES string of the molecule is C/C=C(\N=C1/C(=C(C)C)NCCN1C(=O)Cc1cc(F)cc(F)c1)C(/C)=C/NCCC. The molecule has 0 unspecified atom stereocenters. The number of nitrogens with zero attached hydrogens (tertiary/aromatic N) is 2. The highest BCUT2D eigenvalue weighted by atomic mass is 19.1. The first kappa shape index (κ1) is 24.3. The van der Waals surface area contributed by atoms with E-state index in [2.05, 4.69) is 17.6 Å². The van der Waals surface area contributed by atoms with Crippen LogP contribution in [-0.2, 0) is 11.2 Å². The number of benzene rings is 1. The third-order valence-electron chi connectivity index (χ3n) is 4.81. The molecule has 0 aliphatic carbocycles. The zero-order valence-electron chi connectivity index (χ0n) is 19.0. The third kappa shape index (κ3) is 6.77. The molecule has 1 aromatic rings. The van der Waals surface area contributed by atoms with Gasteiger partial charge in [-0.1, -0.05) is 13.0 Å². The lowest BCUT2D eigenvalue weighted by Crippen LogP contribution is -2.50. The Hall–Kier alpha value is -2.96. The summed E-state index contributed by atoms with van der Waals surface area (Å²) in [5.74, 6) is -1.13. The minimum absolute atomic E-state index is 0.109. The Morgan fingerprint density at radius 3 is 2.48 bits per heavy atom. The molecule has 0 aromatic heterocycles. The highest BCUT2D eigenvalue weighted by Crippen LogP contribution is 2.19. The largest absolute Gasteiger partial charge is 0.391 e. The van der Waals surface area contributed by atoms with Gasteiger partial charge in [0.05, 0.1) is 17.8 Å². The third-order valence-corrected chi connectivity index (χ3v) is 4.81. The number of piperazine rings is 1. The van der Waals surface area contributed by atoms with Gasteiger partial charge < -0.3 is 10.6 Å². The van der Waals surface area contributed by atoms with Crippen LogP contribution in [-0.4, -0.2) is 36.3 Å². The molecule has 5 nitrogen and oxygen atoms in total. The summed E-state index contributed by atoms with van der Waals surface area (Å²) in [5, 5.41) is 6.58. The molecule has 0 saturated carbocycles. The number of amidine groups is 1. The smallest absolute Gasteiger partial charge is 0.232 e. The lowest BCUT2D eigenvalue weighted by Gasteiger charge is -2.32. The molecule has 2 rings (SSSR count). The van der Waals surface area contributed by atoms with E-state index in [1.54, 1.807) is 4.90 Å². The van der Waals surface area contributed by atoms with Crippen LogP contribution in [0.25, 0.3) is 0 Å². The fourth-order valence-corrected chi connectivity index (χ4v) is 3.29. The van der Waals surface area contributed by atoms with Crippen LogP contribution < -0.4 is 10.6 Å². The molecule has 1 saturated heterocycles. The minimum atomic E-state index is -0.696. The minimum Gasteiger partial charge on any atom is -0.391 e. The Morgan fingerprint density at radius 1 is 1.23 bits per heavy atom. The van der Waals surface area contributed by atoms with Crippen molar-refractivity contribution in [3.63, 3.8) is 0 Å². The summed E-state index contributed by atoms with van der Waals surface area (Å²) in [6.45, 7) is 11.7. The maximum atomic E-state index is 13.6. The summed E-state index contributed by atoms with van der Waals surface area (Å²) >= 11 is 0. The van der Waals surface area contributed by atoms with E-state index in [-0.39, 0.29) is 12.3 Å². The first-order valence-corrected chi connectivity index (χ1v) is 10.6. The van der Waals surface area contributed by atoms with Crippen molar-refractivity contribution in [2.75, 3.05) is 19.6 Å².